The van der Waals surface area contributed by atoms with E-state index in [1.165, 1.54) is 12.8 Å². The Balaban J connectivity index is 1.49. The second-order valence-electron chi connectivity index (χ2n) is 7.51. The molecule has 1 fully saturated rings. The third kappa shape index (κ3) is 3.35. The van der Waals surface area contributed by atoms with Gasteiger partial charge in [-0.15, -0.1) is 5.10 Å². The Morgan fingerprint density at radius 1 is 0.935 bits per heavy atom. The second-order valence-corrected chi connectivity index (χ2v) is 7.51. The maximum Gasteiger partial charge on any atom is 0.258 e. The van der Waals surface area contributed by atoms with Crippen molar-refractivity contribution in [3.8, 4) is 40.1 Å². The van der Waals surface area contributed by atoms with E-state index < -0.39 is 0 Å². The van der Waals surface area contributed by atoms with Crippen molar-refractivity contribution in [2.45, 2.75) is 31.7 Å². The van der Waals surface area contributed by atoms with Gasteiger partial charge >= 0.3 is 0 Å². The minimum atomic E-state index is 0.351. The SMILES string of the molecule is COc1cc(-c2nc(-c3ccc4c(c3)nnn4C3CCCC3)no2)cc(OC)c1OC. The third-order valence-electron chi connectivity index (χ3n) is 5.74. The highest BCUT2D eigenvalue weighted by Gasteiger charge is 2.21. The van der Waals surface area contributed by atoms with Gasteiger partial charge in [0.2, 0.25) is 11.6 Å². The minimum absolute atomic E-state index is 0.351. The lowest BCUT2D eigenvalue weighted by molar-refractivity contribution is 0.324. The molecule has 0 radical (unpaired) electrons. The summed E-state index contributed by atoms with van der Waals surface area (Å²) in [5.74, 6) is 2.36. The summed E-state index contributed by atoms with van der Waals surface area (Å²) in [6, 6.07) is 9.92. The molecule has 1 aliphatic rings. The maximum absolute atomic E-state index is 5.52. The van der Waals surface area contributed by atoms with Gasteiger partial charge in [-0.05, 0) is 43.2 Å². The Bertz CT molecular complexity index is 1200. The minimum Gasteiger partial charge on any atom is -0.493 e. The average molecular weight is 421 g/mol. The molecule has 2 heterocycles. The lowest BCUT2D eigenvalue weighted by atomic mass is 10.1. The van der Waals surface area contributed by atoms with Crippen LogP contribution in [0.25, 0.3) is 33.9 Å². The number of hydrogen-bond acceptors (Lipinski definition) is 8. The summed E-state index contributed by atoms with van der Waals surface area (Å²) in [7, 11) is 4.69. The zero-order valence-corrected chi connectivity index (χ0v) is 17.7. The highest BCUT2D eigenvalue weighted by atomic mass is 16.5. The number of rotatable bonds is 6. The maximum atomic E-state index is 5.52. The molecule has 0 bridgehead atoms. The molecule has 0 amide bonds. The van der Waals surface area contributed by atoms with E-state index in [-0.39, 0.29) is 0 Å². The molecule has 160 valence electrons. The Morgan fingerprint density at radius 2 is 1.68 bits per heavy atom. The monoisotopic (exact) mass is 421 g/mol. The predicted octanol–water partition coefficient (Wildman–Crippen LogP) is 4.29. The number of methoxy groups -OCH3 is 3. The van der Waals surface area contributed by atoms with E-state index in [0.717, 1.165) is 29.4 Å². The van der Waals surface area contributed by atoms with Crippen LogP contribution in [0.3, 0.4) is 0 Å². The van der Waals surface area contributed by atoms with E-state index in [0.29, 0.717) is 40.6 Å². The molecule has 0 atom stereocenters. The molecule has 0 aliphatic heterocycles. The van der Waals surface area contributed by atoms with Gasteiger partial charge in [0.05, 0.1) is 32.9 Å². The zero-order chi connectivity index (χ0) is 21.4. The highest BCUT2D eigenvalue weighted by molar-refractivity contribution is 5.80. The summed E-state index contributed by atoms with van der Waals surface area (Å²) in [5.41, 5.74) is 3.34. The van der Waals surface area contributed by atoms with Gasteiger partial charge in [0, 0.05) is 11.1 Å². The Labute approximate surface area is 178 Å². The summed E-state index contributed by atoms with van der Waals surface area (Å²) in [5, 5.41) is 12.9. The van der Waals surface area contributed by atoms with Gasteiger partial charge in [0.25, 0.3) is 5.89 Å². The summed E-state index contributed by atoms with van der Waals surface area (Å²) in [6.07, 6.45) is 4.81. The van der Waals surface area contributed by atoms with Gasteiger partial charge in [0.1, 0.15) is 5.52 Å². The van der Waals surface area contributed by atoms with E-state index in [1.54, 1.807) is 33.5 Å². The topological polar surface area (TPSA) is 97.3 Å². The Morgan fingerprint density at radius 3 is 2.35 bits per heavy atom. The highest BCUT2D eigenvalue weighted by Crippen LogP contribution is 2.41. The number of hydrogen-bond donors (Lipinski definition) is 0. The molecule has 9 nitrogen and oxygen atoms in total. The van der Waals surface area contributed by atoms with Crippen LogP contribution in [0.1, 0.15) is 31.7 Å². The Kier molecular flexibility index (Phi) is 4.93. The summed E-state index contributed by atoms with van der Waals surface area (Å²) in [4.78, 5) is 4.56. The van der Waals surface area contributed by atoms with Gasteiger partial charge in [-0.2, -0.15) is 4.98 Å². The van der Waals surface area contributed by atoms with Crippen LogP contribution in [0.4, 0.5) is 0 Å². The van der Waals surface area contributed by atoms with Crippen molar-refractivity contribution in [2.75, 3.05) is 21.3 Å². The first kappa shape index (κ1) is 19.3. The molecular formula is C22H23N5O4. The van der Waals surface area contributed by atoms with Crippen LogP contribution in [0.15, 0.2) is 34.9 Å². The predicted molar refractivity (Wildman–Crippen MR) is 113 cm³/mol. The molecule has 0 N–H and O–H groups in total. The van der Waals surface area contributed by atoms with Crippen molar-refractivity contribution in [1.82, 2.24) is 25.1 Å². The summed E-state index contributed by atoms with van der Waals surface area (Å²) in [6.45, 7) is 0. The first-order valence-corrected chi connectivity index (χ1v) is 10.2. The summed E-state index contributed by atoms with van der Waals surface area (Å²) >= 11 is 0. The average Bonchev–Trinajstić information content (AvgIpc) is 3.57. The number of aromatic nitrogens is 5. The van der Waals surface area contributed by atoms with Crippen LogP contribution in [-0.2, 0) is 0 Å². The van der Waals surface area contributed by atoms with E-state index in [1.807, 2.05) is 22.9 Å². The lowest BCUT2D eigenvalue weighted by Crippen LogP contribution is -2.06. The van der Waals surface area contributed by atoms with Gasteiger partial charge in [-0.1, -0.05) is 23.2 Å². The van der Waals surface area contributed by atoms with Gasteiger partial charge in [0.15, 0.2) is 11.5 Å². The normalized spacial score (nSPS) is 14.3. The number of benzene rings is 2. The third-order valence-corrected chi connectivity index (χ3v) is 5.74. The number of nitrogens with zero attached hydrogens (tertiary/aromatic N) is 5. The Hall–Kier alpha value is -3.62. The molecule has 5 rings (SSSR count). The van der Waals surface area contributed by atoms with Gasteiger partial charge in [-0.3, -0.25) is 0 Å². The first-order valence-electron chi connectivity index (χ1n) is 10.2. The van der Waals surface area contributed by atoms with Crippen molar-refractivity contribution in [1.29, 1.82) is 0 Å². The molecule has 31 heavy (non-hydrogen) atoms. The van der Waals surface area contributed by atoms with Crippen molar-refractivity contribution in [3.63, 3.8) is 0 Å². The van der Waals surface area contributed by atoms with E-state index >= 15 is 0 Å². The zero-order valence-electron chi connectivity index (χ0n) is 17.7. The smallest absolute Gasteiger partial charge is 0.258 e. The van der Waals surface area contributed by atoms with Crippen molar-refractivity contribution in [2.24, 2.45) is 0 Å². The van der Waals surface area contributed by atoms with Crippen LogP contribution >= 0.6 is 0 Å². The molecule has 2 aromatic carbocycles. The van der Waals surface area contributed by atoms with Crippen molar-refractivity contribution < 1.29 is 18.7 Å². The first-order chi connectivity index (χ1) is 15.2. The number of fused-ring (bicyclic) bond motifs is 1. The summed E-state index contributed by atoms with van der Waals surface area (Å²) < 4.78 is 23.8. The molecule has 9 heteroatoms. The van der Waals surface area contributed by atoms with Crippen LogP contribution in [0.5, 0.6) is 17.2 Å². The van der Waals surface area contributed by atoms with Crippen LogP contribution < -0.4 is 14.2 Å². The van der Waals surface area contributed by atoms with E-state index in [9.17, 15) is 0 Å². The lowest BCUT2D eigenvalue weighted by Gasteiger charge is -2.12. The molecule has 2 aromatic heterocycles. The number of ether oxygens (including phenoxy) is 3. The second kappa shape index (κ2) is 7.90. The fourth-order valence-corrected chi connectivity index (χ4v) is 4.16. The fraction of sp³-hybridized carbons (Fsp3) is 0.364. The molecule has 0 spiro atoms. The van der Waals surface area contributed by atoms with E-state index in [4.69, 9.17) is 18.7 Å². The largest absolute Gasteiger partial charge is 0.493 e. The van der Waals surface area contributed by atoms with Crippen LogP contribution in [0.2, 0.25) is 0 Å². The van der Waals surface area contributed by atoms with Crippen molar-refractivity contribution >= 4 is 11.0 Å². The fourth-order valence-electron chi connectivity index (χ4n) is 4.16. The standard InChI is InChI=1S/C22H23N5O4/c1-28-18-11-14(12-19(29-2)20(18)30-3)22-23-21(25-31-22)13-8-9-17-16(10-13)24-26-27(17)15-6-4-5-7-15/h8-12,15H,4-7H2,1-3H3. The van der Waals surface area contributed by atoms with E-state index in [2.05, 4.69) is 20.5 Å². The molecule has 0 saturated heterocycles. The van der Waals surface area contributed by atoms with Crippen LogP contribution in [0, 0.1) is 0 Å². The van der Waals surface area contributed by atoms with Gasteiger partial charge in [-0.25, -0.2) is 4.68 Å². The molecular weight excluding hydrogens is 398 g/mol. The quantitative estimate of drug-likeness (QED) is 0.455. The van der Waals surface area contributed by atoms with Gasteiger partial charge < -0.3 is 18.7 Å². The van der Waals surface area contributed by atoms with Crippen LogP contribution in [-0.4, -0.2) is 46.5 Å². The molecule has 4 aromatic rings. The molecule has 0 unspecified atom stereocenters. The molecule has 1 saturated carbocycles. The molecule has 1 aliphatic carbocycles. The van der Waals surface area contributed by atoms with Crippen molar-refractivity contribution in [3.05, 3.63) is 30.3 Å².